The summed E-state index contributed by atoms with van der Waals surface area (Å²) in [4.78, 5) is 14.7. The summed E-state index contributed by atoms with van der Waals surface area (Å²) in [6.07, 6.45) is 3.78. The lowest BCUT2D eigenvalue weighted by molar-refractivity contribution is -0.138. The summed E-state index contributed by atoms with van der Waals surface area (Å²) in [5.41, 5.74) is 0. The summed E-state index contributed by atoms with van der Waals surface area (Å²) in [6.45, 7) is 3.09. The van der Waals surface area contributed by atoms with Gasteiger partial charge in [-0.15, -0.1) is 0 Å². The molecule has 1 amide bonds. The second-order valence-electron chi connectivity index (χ2n) is 8.15. The van der Waals surface area contributed by atoms with E-state index in [0.29, 0.717) is 52.2 Å². The Morgan fingerprint density at radius 2 is 1.35 bits per heavy atom. The Morgan fingerprint density at radius 3 is 1.97 bits per heavy atom. The number of morpholine rings is 1. The maximum Gasteiger partial charge on any atom is 0.243 e. The van der Waals surface area contributed by atoms with Gasteiger partial charge in [-0.25, -0.2) is 16.8 Å². The van der Waals surface area contributed by atoms with Crippen LogP contribution in [0.5, 0.6) is 0 Å². The van der Waals surface area contributed by atoms with Gasteiger partial charge in [0, 0.05) is 32.7 Å². The van der Waals surface area contributed by atoms with Crippen LogP contribution >= 0.6 is 0 Å². The molecule has 172 valence electrons. The smallest absolute Gasteiger partial charge is 0.243 e. The zero-order valence-electron chi connectivity index (χ0n) is 17.5. The molecule has 3 heterocycles. The fourth-order valence-electron chi connectivity index (χ4n) is 4.44. The van der Waals surface area contributed by atoms with Crippen molar-refractivity contribution in [2.24, 2.45) is 0 Å². The van der Waals surface area contributed by atoms with E-state index in [-0.39, 0.29) is 22.2 Å². The Labute approximate surface area is 184 Å². The largest absolute Gasteiger partial charge is 0.378 e. The highest BCUT2D eigenvalue weighted by Crippen LogP contribution is 2.29. The molecule has 1 aromatic carbocycles. The van der Waals surface area contributed by atoms with Gasteiger partial charge in [0.25, 0.3) is 0 Å². The van der Waals surface area contributed by atoms with E-state index in [9.17, 15) is 21.6 Å². The number of hydrogen-bond acceptors (Lipinski definition) is 6. The van der Waals surface area contributed by atoms with Crippen LogP contribution in [0.3, 0.4) is 0 Å². The van der Waals surface area contributed by atoms with Crippen molar-refractivity contribution in [1.82, 2.24) is 13.5 Å². The van der Waals surface area contributed by atoms with Crippen molar-refractivity contribution in [3.63, 3.8) is 0 Å². The van der Waals surface area contributed by atoms with Crippen LogP contribution in [0, 0.1) is 0 Å². The number of nitrogens with zero attached hydrogens (tertiary/aromatic N) is 3. The van der Waals surface area contributed by atoms with Crippen molar-refractivity contribution in [1.29, 1.82) is 0 Å². The number of rotatable bonds is 5. The third-order valence-electron chi connectivity index (χ3n) is 6.19. The number of amides is 1. The maximum atomic E-state index is 13.3. The van der Waals surface area contributed by atoms with E-state index in [2.05, 4.69) is 0 Å². The zero-order chi connectivity index (χ0) is 22.1. The van der Waals surface area contributed by atoms with Gasteiger partial charge < -0.3 is 9.64 Å². The SMILES string of the molecule is O=C(C1CCCN1S(=O)(=O)c1ccc(S(=O)(=O)N2CCCCC2)cc1)N1CCOCC1. The summed E-state index contributed by atoms with van der Waals surface area (Å²) >= 11 is 0. The lowest BCUT2D eigenvalue weighted by Gasteiger charge is -2.32. The average Bonchev–Trinajstić information content (AvgIpc) is 3.31. The van der Waals surface area contributed by atoms with Crippen LogP contribution in [-0.4, -0.2) is 88.2 Å². The predicted octanol–water partition coefficient (Wildman–Crippen LogP) is 0.873. The summed E-state index contributed by atoms with van der Waals surface area (Å²) in [7, 11) is -7.54. The van der Waals surface area contributed by atoms with Crippen molar-refractivity contribution >= 4 is 26.0 Å². The molecular weight excluding hydrogens is 442 g/mol. The van der Waals surface area contributed by atoms with Crippen molar-refractivity contribution in [3.05, 3.63) is 24.3 Å². The van der Waals surface area contributed by atoms with Gasteiger partial charge in [-0.3, -0.25) is 4.79 Å². The van der Waals surface area contributed by atoms with Crippen LogP contribution in [0.2, 0.25) is 0 Å². The Morgan fingerprint density at radius 1 is 0.774 bits per heavy atom. The molecule has 0 bridgehead atoms. The Balaban J connectivity index is 1.53. The molecule has 4 rings (SSSR count). The van der Waals surface area contributed by atoms with Gasteiger partial charge in [-0.05, 0) is 49.9 Å². The summed E-state index contributed by atoms with van der Waals surface area (Å²) in [5.74, 6) is -0.186. The van der Waals surface area contributed by atoms with Crippen molar-refractivity contribution in [3.8, 4) is 0 Å². The van der Waals surface area contributed by atoms with E-state index < -0.39 is 26.1 Å². The zero-order valence-corrected chi connectivity index (χ0v) is 19.1. The second-order valence-corrected chi connectivity index (χ2v) is 12.0. The van der Waals surface area contributed by atoms with Crippen molar-refractivity contribution in [2.75, 3.05) is 45.9 Å². The standard InChI is InChI=1S/C20H29N3O6S2/c24-20(21-13-15-29-16-14-21)19-5-4-12-23(19)31(27,28)18-8-6-17(7-9-18)30(25,26)22-10-2-1-3-11-22/h6-9,19H,1-5,10-16H2. The molecule has 1 unspecified atom stereocenters. The average molecular weight is 472 g/mol. The van der Waals surface area contributed by atoms with Crippen LogP contribution in [0.15, 0.2) is 34.1 Å². The first-order valence-corrected chi connectivity index (χ1v) is 13.7. The van der Waals surface area contributed by atoms with Crippen LogP contribution in [0.1, 0.15) is 32.1 Å². The maximum absolute atomic E-state index is 13.3. The Bertz CT molecular complexity index is 998. The topological polar surface area (TPSA) is 104 Å². The van der Waals surface area contributed by atoms with Crippen LogP contribution in [0.4, 0.5) is 0 Å². The summed E-state index contributed by atoms with van der Waals surface area (Å²) < 4.78 is 60.2. The number of piperidine rings is 1. The number of ether oxygens (including phenoxy) is 1. The minimum absolute atomic E-state index is 0.00627. The monoisotopic (exact) mass is 471 g/mol. The molecule has 9 nitrogen and oxygen atoms in total. The minimum Gasteiger partial charge on any atom is -0.378 e. The van der Waals surface area contributed by atoms with Crippen LogP contribution in [0.25, 0.3) is 0 Å². The van der Waals surface area contributed by atoms with Gasteiger partial charge in [0.05, 0.1) is 23.0 Å². The lowest BCUT2D eigenvalue weighted by Crippen LogP contribution is -2.50. The molecule has 1 aromatic rings. The van der Waals surface area contributed by atoms with E-state index >= 15 is 0 Å². The molecule has 0 aromatic heterocycles. The molecule has 0 saturated carbocycles. The number of benzene rings is 1. The van der Waals surface area contributed by atoms with Gasteiger partial charge in [0.15, 0.2) is 0 Å². The van der Waals surface area contributed by atoms with E-state index in [0.717, 1.165) is 19.3 Å². The highest BCUT2D eigenvalue weighted by atomic mass is 32.2. The fraction of sp³-hybridized carbons (Fsp3) is 0.650. The molecule has 3 saturated heterocycles. The quantitative estimate of drug-likeness (QED) is 0.631. The number of carbonyl (C=O) groups excluding carboxylic acids is 1. The van der Waals surface area contributed by atoms with Gasteiger partial charge >= 0.3 is 0 Å². The molecule has 3 fully saturated rings. The predicted molar refractivity (Wildman–Crippen MR) is 113 cm³/mol. The van der Waals surface area contributed by atoms with Gasteiger partial charge in [-0.1, -0.05) is 6.42 Å². The first-order chi connectivity index (χ1) is 14.8. The molecule has 0 aliphatic carbocycles. The van der Waals surface area contributed by atoms with Crippen molar-refractivity contribution < 1.29 is 26.4 Å². The van der Waals surface area contributed by atoms with Crippen LogP contribution in [-0.2, 0) is 29.6 Å². The first kappa shape index (κ1) is 22.7. The summed E-state index contributed by atoms with van der Waals surface area (Å²) in [6, 6.07) is 4.65. The van der Waals surface area contributed by atoms with E-state index in [1.54, 1.807) is 4.90 Å². The number of carbonyl (C=O) groups is 1. The number of sulfonamides is 2. The van der Waals surface area contributed by atoms with E-state index in [1.807, 2.05) is 0 Å². The molecule has 0 radical (unpaired) electrons. The fourth-order valence-corrected chi connectivity index (χ4v) is 7.61. The first-order valence-electron chi connectivity index (χ1n) is 10.8. The molecular formula is C20H29N3O6S2. The molecule has 1 atom stereocenters. The number of hydrogen-bond donors (Lipinski definition) is 0. The van der Waals surface area contributed by atoms with Crippen molar-refractivity contribution in [2.45, 2.75) is 47.9 Å². The highest BCUT2D eigenvalue weighted by Gasteiger charge is 2.41. The molecule has 0 spiro atoms. The molecule has 3 aliphatic heterocycles. The van der Waals surface area contributed by atoms with Gasteiger partial charge in [0.2, 0.25) is 26.0 Å². The molecule has 0 N–H and O–H groups in total. The van der Waals surface area contributed by atoms with E-state index in [1.165, 1.54) is 32.9 Å². The third kappa shape index (κ3) is 4.51. The molecule has 3 aliphatic rings. The molecule has 11 heteroatoms. The normalized spacial score (nSPS) is 24.4. The van der Waals surface area contributed by atoms with Gasteiger partial charge in [-0.2, -0.15) is 8.61 Å². The van der Waals surface area contributed by atoms with Gasteiger partial charge in [0.1, 0.15) is 6.04 Å². The highest BCUT2D eigenvalue weighted by molar-refractivity contribution is 7.89. The Hall–Kier alpha value is -1.53. The Kier molecular flexibility index (Phi) is 6.68. The third-order valence-corrected chi connectivity index (χ3v) is 10.0. The second kappa shape index (κ2) is 9.14. The van der Waals surface area contributed by atoms with Crippen LogP contribution < -0.4 is 0 Å². The minimum atomic E-state index is -3.91. The lowest BCUT2D eigenvalue weighted by atomic mass is 10.2. The molecule has 31 heavy (non-hydrogen) atoms. The van der Waals surface area contributed by atoms with E-state index in [4.69, 9.17) is 4.74 Å². The summed E-state index contributed by atoms with van der Waals surface area (Å²) in [5, 5.41) is 0.